The van der Waals surface area contributed by atoms with Gasteiger partial charge in [0.15, 0.2) is 0 Å². The van der Waals surface area contributed by atoms with Crippen LogP contribution >= 0.6 is 0 Å². The SMILES string of the molecule is C[C@@H]1CC(C)(C)C[C@@](CO)(NCCN2C(=O)NC(C)(C)C2=O)C1. The van der Waals surface area contributed by atoms with Gasteiger partial charge in [-0.15, -0.1) is 0 Å². The van der Waals surface area contributed by atoms with Gasteiger partial charge in [0.2, 0.25) is 0 Å². The van der Waals surface area contributed by atoms with Gasteiger partial charge in [-0.1, -0.05) is 20.8 Å². The second-order valence-electron chi connectivity index (χ2n) is 8.73. The van der Waals surface area contributed by atoms with Crippen molar-refractivity contribution in [2.75, 3.05) is 19.7 Å². The molecule has 2 aliphatic rings. The Morgan fingerprint density at radius 1 is 1.26 bits per heavy atom. The normalized spacial score (nSPS) is 33.0. The van der Waals surface area contributed by atoms with Crippen LogP contribution < -0.4 is 10.6 Å². The lowest BCUT2D eigenvalue weighted by Gasteiger charge is -2.47. The Bertz CT molecular complexity index is 489. The zero-order valence-electron chi connectivity index (χ0n) is 15.0. The van der Waals surface area contributed by atoms with Crippen molar-refractivity contribution in [1.29, 1.82) is 0 Å². The van der Waals surface area contributed by atoms with Crippen LogP contribution in [0.4, 0.5) is 4.79 Å². The number of hydrogen-bond acceptors (Lipinski definition) is 4. The summed E-state index contributed by atoms with van der Waals surface area (Å²) in [6.45, 7) is 11.0. The molecule has 1 heterocycles. The Hall–Kier alpha value is -1.14. The van der Waals surface area contributed by atoms with Gasteiger partial charge in [0.05, 0.1) is 6.61 Å². The summed E-state index contributed by atoms with van der Waals surface area (Å²) in [5, 5.41) is 16.1. The highest BCUT2D eigenvalue weighted by molar-refractivity contribution is 6.06. The molecule has 2 atom stereocenters. The number of aliphatic hydroxyl groups excluding tert-OH is 1. The van der Waals surface area contributed by atoms with E-state index in [1.165, 1.54) is 4.90 Å². The van der Waals surface area contributed by atoms with E-state index in [0.29, 0.717) is 19.0 Å². The number of rotatable bonds is 5. The number of carbonyl (C=O) groups is 2. The molecule has 2 rings (SSSR count). The fourth-order valence-electron chi connectivity index (χ4n) is 4.51. The van der Waals surface area contributed by atoms with Crippen LogP contribution in [0.5, 0.6) is 0 Å². The highest BCUT2D eigenvalue weighted by atomic mass is 16.3. The fourth-order valence-corrected chi connectivity index (χ4v) is 4.51. The molecule has 3 N–H and O–H groups in total. The minimum absolute atomic E-state index is 0.0758. The van der Waals surface area contributed by atoms with Gasteiger partial charge in [0.1, 0.15) is 5.54 Å². The predicted molar refractivity (Wildman–Crippen MR) is 88.9 cm³/mol. The van der Waals surface area contributed by atoms with E-state index in [0.717, 1.165) is 19.3 Å². The van der Waals surface area contributed by atoms with Crippen LogP contribution in [0.3, 0.4) is 0 Å². The molecule has 0 unspecified atom stereocenters. The average Bonchev–Trinajstić information content (AvgIpc) is 2.58. The molecular weight excluding hydrogens is 294 g/mol. The first-order chi connectivity index (χ1) is 10.5. The molecule has 6 heteroatoms. The van der Waals surface area contributed by atoms with E-state index in [-0.39, 0.29) is 29.5 Å². The molecule has 0 aromatic heterocycles. The average molecular weight is 325 g/mol. The second kappa shape index (κ2) is 6.06. The van der Waals surface area contributed by atoms with Crippen molar-refractivity contribution in [2.24, 2.45) is 11.3 Å². The summed E-state index contributed by atoms with van der Waals surface area (Å²) in [4.78, 5) is 25.4. The molecule has 3 amide bonds. The second-order valence-corrected chi connectivity index (χ2v) is 8.73. The molecule has 0 aromatic rings. The molecule has 132 valence electrons. The van der Waals surface area contributed by atoms with Gasteiger partial charge in [-0.25, -0.2) is 4.79 Å². The topological polar surface area (TPSA) is 81.7 Å². The van der Waals surface area contributed by atoms with Gasteiger partial charge in [-0.3, -0.25) is 9.69 Å². The summed E-state index contributed by atoms with van der Waals surface area (Å²) in [7, 11) is 0. The summed E-state index contributed by atoms with van der Waals surface area (Å²) < 4.78 is 0. The fraction of sp³-hybridized carbons (Fsp3) is 0.882. The van der Waals surface area contributed by atoms with Gasteiger partial charge in [0.25, 0.3) is 5.91 Å². The highest BCUT2D eigenvalue weighted by Crippen LogP contribution is 2.43. The third kappa shape index (κ3) is 3.86. The Kier molecular flexibility index (Phi) is 4.79. The molecule has 23 heavy (non-hydrogen) atoms. The van der Waals surface area contributed by atoms with Crippen LogP contribution in [0.2, 0.25) is 0 Å². The number of carbonyl (C=O) groups excluding carboxylic acids is 2. The number of nitrogens with zero attached hydrogens (tertiary/aromatic N) is 1. The molecule has 0 spiro atoms. The standard InChI is InChI=1S/C17H31N3O3/c1-12-8-15(2,3)10-17(9-12,11-21)18-6-7-20-13(22)16(4,5)19-14(20)23/h12,18,21H,6-11H2,1-5H3,(H,19,23)/t12-,17+/m1/s1. The summed E-state index contributed by atoms with van der Waals surface area (Å²) in [5.41, 5.74) is -0.973. The van der Waals surface area contributed by atoms with E-state index >= 15 is 0 Å². The van der Waals surface area contributed by atoms with E-state index in [4.69, 9.17) is 0 Å². The van der Waals surface area contributed by atoms with Crippen LogP contribution in [-0.2, 0) is 4.79 Å². The van der Waals surface area contributed by atoms with Crippen molar-refractivity contribution >= 4 is 11.9 Å². The molecule has 0 aromatic carbocycles. The smallest absolute Gasteiger partial charge is 0.325 e. The van der Waals surface area contributed by atoms with Crippen molar-refractivity contribution in [3.8, 4) is 0 Å². The number of aliphatic hydroxyl groups is 1. The Morgan fingerprint density at radius 2 is 1.91 bits per heavy atom. The zero-order chi connectivity index (χ0) is 17.5. The molecule has 0 radical (unpaired) electrons. The lowest BCUT2D eigenvalue weighted by molar-refractivity contribution is -0.130. The number of hydrogen-bond donors (Lipinski definition) is 3. The number of nitrogens with one attached hydrogen (secondary N) is 2. The van der Waals surface area contributed by atoms with E-state index in [1.54, 1.807) is 13.8 Å². The molecular formula is C17H31N3O3. The minimum Gasteiger partial charge on any atom is -0.394 e. The molecule has 6 nitrogen and oxygen atoms in total. The molecule has 0 bridgehead atoms. The lowest BCUT2D eigenvalue weighted by atomic mass is 9.64. The Labute approximate surface area is 139 Å². The first-order valence-corrected chi connectivity index (χ1v) is 8.50. The molecule has 2 fully saturated rings. The third-order valence-electron chi connectivity index (χ3n) is 5.04. The Balaban J connectivity index is 1.96. The highest BCUT2D eigenvalue weighted by Gasteiger charge is 2.45. The van der Waals surface area contributed by atoms with Crippen molar-refractivity contribution < 1.29 is 14.7 Å². The van der Waals surface area contributed by atoms with Crippen LogP contribution in [-0.4, -0.2) is 52.7 Å². The lowest BCUT2D eigenvalue weighted by Crippen LogP contribution is -2.56. The monoisotopic (exact) mass is 325 g/mol. The van der Waals surface area contributed by atoms with Gasteiger partial charge >= 0.3 is 6.03 Å². The summed E-state index contributed by atoms with van der Waals surface area (Å²) in [6.07, 6.45) is 2.96. The molecule has 1 aliphatic carbocycles. The number of amides is 3. The molecule has 1 aliphatic heterocycles. The maximum atomic E-state index is 12.2. The first kappa shape index (κ1) is 18.2. The van der Waals surface area contributed by atoms with Crippen LogP contribution in [0.1, 0.15) is 53.9 Å². The van der Waals surface area contributed by atoms with Gasteiger partial charge in [0, 0.05) is 18.6 Å². The van der Waals surface area contributed by atoms with E-state index in [9.17, 15) is 14.7 Å². The molecule has 1 saturated heterocycles. The third-order valence-corrected chi connectivity index (χ3v) is 5.04. The van der Waals surface area contributed by atoms with Gasteiger partial charge in [-0.2, -0.15) is 0 Å². The maximum absolute atomic E-state index is 12.2. The summed E-state index contributed by atoms with van der Waals surface area (Å²) >= 11 is 0. The van der Waals surface area contributed by atoms with Crippen LogP contribution in [0.25, 0.3) is 0 Å². The van der Waals surface area contributed by atoms with Gasteiger partial charge in [-0.05, 0) is 44.4 Å². The largest absolute Gasteiger partial charge is 0.394 e. The maximum Gasteiger partial charge on any atom is 0.325 e. The predicted octanol–water partition coefficient (Wildman–Crippen LogP) is 1.48. The molecule has 1 saturated carbocycles. The minimum atomic E-state index is -0.826. The van der Waals surface area contributed by atoms with E-state index in [1.807, 2.05) is 0 Å². The quantitative estimate of drug-likeness (QED) is 0.669. The van der Waals surface area contributed by atoms with Crippen LogP contribution in [0.15, 0.2) is 0 Å². The Morgan fingerprint density at radius 3 is 2.39 bits per heavy atom. The summed E-state index contributed by atoms with van der Waals surface area (Å²) in [5.74, 6) is 0.341. The van der Waals surface area contributed by atoms with Crippen molar-refractivity contribution in [3.05, 3.63) is 0 Å². The first-order valence-electron chi connectivity index (χ1n) is 8.50. The number of urea groups is 1. The summed E-state index contributed by atoms with van der Waals surface area (Å²) in [6, 6.07) is -0.336. The zero-order valence-corrected chi connectivity index (χ0v) is 15.0. The van der Waals surface area contributed by atoms with Gasteiger partial charge < -0.3 is 15.7 Å². The van der Waals surface area contributed by atoms with Crippen molar-refractivity contribution in [3.63, 3.8) is 0 Å². The van der Waals surface area contributed by atoms with E-state index < -0.39 is 5.54 Å². The van der Waals surface area contributed by atoms with Crippen LogP contribution in [0, 0.1) is 11.3 Å². The van der Waals surface area contributed by atoms with Crippen molar-refractivity contribution in [1.82, 2.24) is 15.5 Å². The van der Waals surface area contributed by atoms with Crippen molar-refractivity contribution in [2.45, 2.75) is 65.0 Å². The number of imide groups is 1. The van der Waals surface area contributed by atoms with E-state index in [2.05, 4.69) is 31.4 Å².